The summed E-state index contributed by atoms with van der Waals surface area (Å²) >= 11 is 0. The van der Waals surface area contributed by atoms with Crippen molar-refractivity contribution in [3.8, 4) is 0 Å². The summed E-state index contributed by atoms with van der Waals surface area (Å²) in [7, 11) is 0. The van der Waals surface area contributed by atoms with E-state index in [9.17, 15) is 9.59 Å². The van der Waals surface area contributed by atoms with Crippen LogP contribution in [0, 0.1) is 0 Å². The van der Waals surface area contributed by atoms with E-state index in [2.05, 4.69) is 20.7 Å². The minimum atomic E-state index is -0.174. The highest BCUT2D eigenvalue weighted by Crippen LogP contribution is 2.20. The number of amides is 3. The minimum absolute atomic E-state index is 0.0156. The summed E-state index contributed by atoms with van der Waals surface area (Å²) in [6.45, 7) is 6.80. The van der Waals surface area contributed by atoms with Crippen LogP contribution in [0.4, 0.5) is 10.5 Å². The van der Waals surface area contributed by atoms with Crippen LogP contribution in [-0.4, -0.2) is 50.7 Å². The van der Waals surface area contributed by atoms with Crippen LogP contribution in [0.15, 0.2) is 18.5 Å². The molecule has 0 aliphatic carbocycles. The van der Waals surface area contributed by atoms with Gasteiger partial charge in [0, 0.05) is 37.5 Å². The van der Waals surface area contributed by atoms with Gasteiger partial charge in [-0.1, -0.05) is 0 Å². The van der Waals surface area contributed by atoms with Crippen molar-refractivity contribution in [1.29, 1.82) is 0 Å². The van der Waals surface area contributed by atoms with Crippen LogP contribution >= 0.6 is 0 Å². The zero-order valence-electron chi connectivity index (χ0n) is 14.8. The van der Waals surface area contributed by atoms with Crippen molar-refractivity contribution in [3.63, 3.8) is 0 Å². The average molecular weight is 344 g/mol. The van der Waals surface area contributed by atoms with E-state index in [1.54, 1.807) is 17.3 Å². The molecular formula is C17H24N6O2. The highest BCUT2D eigenvalue weighted by molar-refractivity contribution is 5.91. The number of nitrogens with zero attached hydrogens (tertiary/aromatic N) is 4. The van der Waals surface area contributed by atoms with Gasteiger partial charge in [0.25, 0.3) is 0 Å². The quantitative estimate of drug-likeness (QED) is 0.892. The maximum Gasteiger partial charge on any atom is 0.321 e. The molecule has 0 aromatic carbocycles. The number of likely N-dealkylation sites (tertiary alicyclic amines) is 1. The predicted octanol–water partition coefficient (Wildman–Crippen LogP) is 2.14. The molecule has 8 nitrogen and oxygen atoms in total. The summed E-state index contributed by atoms with van der Waals surface area (Å²) in [4.78, 5) is 29.9. The van der Waals surface area contributed by atoms with E-state index in [0.717, 1.165) is 23.9 Å². The van der Waals surface area contributed by atoms with Crippen LogP contribution in [0.5, 0.6) is 0 Å². The molecule has 1 aliphatic heterocycles. The number of aromatic nitrogens is 3. The number of carbonyl (C=O) groups is 2. The second-order valence-corrected chi connectivity index (χ2v) is 6.74. The highest BCUT2D eigenvalue weighted by atomic mass is 16.2. The molecular weight excluding hydrogens is 320 g/mol. The highest BCUT2D eigenvalue weighted by Gasteiger charge is 2.24. The van der Waals surface area contributed by atoms with Gasteiger partial charge in [0.1, 0.15) is 0 Å². The monoisotopic (exact) mass is 344 g/mol. The first-order valence-corrected chi connectivity index (χ1v) is 8.60. The van der Waals surface area contributed by atoms with Gasteiger partial charge < -0.3 is 15.5 Å². The van der Waals surface area contributed by atoms with Crippen molar-refractivity contribution in [2.75, 3.05) is 18.4 Å². The molecule has 8 heteroatoms. The molecule has 2 N–H and O–H groups in total. The predicted molar refractivity (Wildman–Crippen MR) is 95.3 cm³/mol. The Balaban J connectivity index is 1.68. The second kappa shape index (κ2) is 7.08. The van der Waals surface area contributed by atoms with Crippen molar-refractivity contribution in [3.05, 3.63) is 18.5 Å². The fourth-order valence-electron chi connectivity index (χ4n) is 3.16. The number of piperidine rings is 1. The number of nitrogens with one attached hydrogen (secondary N) is 2. The molecule has 2 aromatic rings. The normalized spacial score (nSPS) is 17.8. The lowest BCUT2D eigenvalue weighted by Gasteiger charge is -2.32. The summed E-state index contributed by atoms with van der Waals surface area (Å²) in [5.41, 5.74) is 1.44. The maximum atomic E-state index is 12.5. The molecule has 1 fully saturated rings. The zero-order valence-corrected chi connectivity index (χ0v) is 14.8. The Morgan fingerprint density at radius 1 is 1.32 bits per heavy atom. The standard InChI is InChI=1S/C17H24N6O2/c1-11(2)23-16-13(8-19-23)7-15(9-18-16)21-17(25)22-6-4-5-14(10-22)20-12(3)24/h7-9,11,14H,4-6,10H2,1-3H3,(H,20,24)(H,21,25)/t14-/m0/s1. The lowest BCUT2D eigenvalue weighted by molar-refractivity contribution is -0.119. The molecule has 0 radical (unpaired) electrons. The first kappa shape index (κ1) is 17.2. The van der Waals surface area contributed by atoms with Gasteiger partial charge in [0.15, 0.2) is 5.65 Å². The number of pyridine rings is 1. The number of anilines is 1. The van der Waals surface area contributed by atoms with Crippen molar-refractivity contribution < 1.29 is 9.59 Å². The largest absolute Gasteiger partial charge is 0.352 e. The van der Waals surface area contributed by atoms with Crippen molar-refractivity contribution in [1.82, 2.24) is 25.0 Å². The van der Waals surface area contributed by atoms with Crippen LogP contribution in [0.1, 0.15) is 39.7 Å². The van der Waals surface area contributed by atoms with Gasteiger partial charge in [-0.05, 0) is 32.8 Å². The van der Waals surface area contributed by atoms with Crippen LogP contribution in [0.25, 0.3) is 11.0 Å². The summed E-state index contributed by atoms with van der Waals surface area (Å²) in [6, 6.07) is 1.94. The Kier molecular flexibility index (Phi) is 4.87. The van der Waals surface area contributed by atoms with Crippen molar-refractivity contribution in [2.45, 2.75) is 45.7 Å². The van der Waals surface area contributed by atoms with Crippen LogP contribution < -0.4 is 10.6 Å². The summed E-state index contributed by atoms with van der Waals surface area (Å²) in [5.74, 6) is -0.0657. The third-order valence-electron chi connectivity index (χ3n) is 4.29. The minimum Gasteiger partial charge on any atom is -0.352 e. The average Bonchev–Trinajstić information content (AvgIpc) is 2.98. The Hall–Kier alpha value is -2.64. The molecule has 0 bridgehead atoms. The first-order valence-electron chi connectivity index (χ1n) is 8.60. The number of fused-ring (bicyclic) bond motifs is 1. The molecule has 134 valence electrons. The number of urea groups is 1. The van der Waals surface area contributed by atoms with Gasteiger partial charge >= 0.3 is 6.03 Å². The van der Waals surface area contributed by atoms with E-state index < -0.39 is 0 Å². The molecule has 1 aliphatic rings. The summed E-state index contributed by atoms with van der Waals surface area (Å²) < 4.78 is 1.85. The Morgan fingerprint density at radius 3 is 2.84 bits per heavy atom. The topological polar surface area (TPSA) is 92.2 Å². The Morgan fingerprint density at radius 2 is 2.12 bits per heavy atom. The molecule has 0 unspecified atom stereocenters. The van der Waals surface area contributed by atoms with Gasteiger partial charge in [-0.3, -0.25) is 4.79 Å². The van der Waals surface area contributed by atoms with E-state index in [1.165, 1.54) is 6.92 Å². The number of carbonyl (C=O) groups excluding carboxylic acids is 2. The molecule has 1 atom stereocenters. The Labute approximate surface area is 146 Å². The zero-order chi connectivity index (χ0) is 18.0. The molecule has 3 rings (SSSR count). The van der Waals surface area contributed by atoms with Gasteiger partial charge in [-0.15, -0.1) is 0 Å². The van der Waals surface area contributed by atoms with E-state index in [-0.39, 0.29) is 24.0 Å². The van der Waals surface area contributed by atoms with Gasteiger partial charge in [-0.25, -0.2) is 14.5 Å². The lowest BCUT2D eigenvalue weighted by atomic mass is 10.1. The molecule has 3 heterocycles. The molecule has 0 saturated carbocycles. The van der Waals surface area contributed by atoms with Crippen LogP contribution in [0.3, 0.4) is 0 Å². The van der Waals surface area contributed by atoms with Gasteiger partial charge in [0.2, 0.25) is 5.91 Å². The van der Waals surface area contributed by atoms with Gasteiger partial charge in [-0.2, -0.15) is 5.10 Å². The van der Waals surface area contributed by atoms with Crippen LogP contribution in [0.2, 0.25) is 0 Å². The van der Waals surface area contributed by atoms with E-state index in [1.807, 2.05) is 24.6 Å². The molecule has 25 heavy (non-hydrogen) atoms. The third-order valence-corrected chi connectivity index (χ3v) is 4.29. The maximum absolute atomic E-state index is 12.5. The second-order valence-electron chi connectivity index (χ2n) is 6.74. The van der Waals surface area contributed by atoms with E-state index in [0.29, 0.717) is 18.8 Å². The summed E-state index contributed by atoms with van der Waals surface area (Å²) in [6.07, 6.45) is 5.17. The van der Waals surface area contributed by atoms with Crippen LogP contribution in [-0.2, 0) is 4.79 Å². The fraction of sp³-hybridized carbons (Fsp3) is 0.529. The van der Waals surface area contributed by atoms with E-state index in [4.69, 9.17) is 0 Å². The number of hydrogen-bond donors (Lipinski definition) is 2. The Bertz CT molecular complexity index is 785. The summed E-state index contributed by atoms with van der Waals surface area (Å²) in [5, 5.41) is 11.0. The molecule has 0 spiro atoms. The molecule has 2 aromatic heterocycles. The number of rotatable bonds is 3. The van der Waals surface area contributed by atoms with E-state index >= 15 is 0 Å². The smallest absolute Gasteiger partial charge is 0.321 e. The van der Waals surface area contributed by atoms with Crippen molar-refractivity contribution >= 4 is 28.7 Å². The first-order chi connectivity index (χ1) is 11.9. The SMILES string of the molecule is CC(=O)N[C@H]1CCCN(C(=O)Nc2cnc3c(cnn3C(C)C)c2)C1. The van der Waals surface area contributed by atoms with Gasteiger partial charge in [0.05, 0.1) is 18.1 Å². The van der Waals surface area contributed by atoms with Crippen molar-refractivity contribution in [2.24, 2.45) is 0 Å². The lowest BCUT2D eigenvalue weighted by Crippen LogP contribution is -2.50. The molecule has 1 saturated heterocycles. The molecule has 3 amide bonds. The fourth-order valence-corrected chi connectivity index (χ4v) is 3.16. The third kappa shape index (κ3) is 3.89. The number of hydrogen-bond acceptors (Lipinski definition) is 4.